The number of nitrogens with zero attached hydrogens (tertiary/aromatic N) is 4. The summed E-state index contributed by atoms with van der Waals surface area (Å²) in [7, 11) is 0. The Kier molecular flexibility index (Phi) is 5.48. The number of ether oxygens (including phenoxy) is 2. The summed E-state index contributed by atoms with van der Waals surface area (Å²) < 4.78 is 13.0. The molecule has 0 amide bonds. The SMILES string of the molecule is C=CCn1c(SCc2csc(-c3ccc4c(c3)OCO4)n2)nnc1-c1ccccc1C. The van der Waals surface area contributed by atoms with Gasteiger partial charge < -0.3 is 9.47 Å². The molecule has 5 rings (SSSR count). The molecule has 0 N–H and O–H groups in total. The average molecular weight is 449 g/mol. The molecule has 0 atom stereocenters. The second-order valence-corrected chi connectivity index (χ2v) is 8.82. The Balaban J connectivity index is 1.35. The average Bonchev–Trinajstić information content (AvgIpc) is 3.52. The van der Waals surface area contributed by atoms with Crippen LogP contribution in [0, 0.1) is 6.92 Å². The van der Waals surface area contributed by atoms with Gasteiger partial charge in [-0.05, 0) is 30.7 Å². The van der Waals surface area contributed by atoms with Gasteiger partial charge in [0, 0.05) is 28.8 Å². The van der Waals surface area contributed by atoms with E-state index in [4.69, 9.17) is 14.5 Å². The minimum Gasteiger partial charge on any atom is -0.454 e. The van der Waals surface area contributed by atoms with Crippen LogP contribution in [0.15, 0.2) is 65.7 Å². The van der Waals surface area contributed by atoms with Gasteiger partial charge in [0.2, 0.25) is 6.79 Å². The van der Waals surface area contributed by atoms with Crippen molar-refractivity contribution in [3.05, 3.63) is 71.8 Å². The van der Waals surface area contributed by atoms with Crippen molar-refractivity contribution in [2.45, 2.75) is 24.4 Å². The third-order valence-corrected chi connectivity index (χ3v) is 6.88. The van der Waals surface area contributed by atoms with Crippen LogP contribution in [0.25, 0.3) is 22.0 Å². The van der Waals surface area contributed by atoms with E-state index in [9.17, 15) is 0 Å². The minimum absolute atomic E-state index is 0.272. The molecule has 0 fully saturated rings. The van der Waals surface area contributed by atoms with Crippen molar-refractivity contribution in [1.82, 2.24) is 19.7 Å². The fourth-order valence-corrected chi connectivity index (χ4v) is 5.15. The number of allylic oxidation sites excluding steroid dienone is 1. The lowest BCUT2D eigenvalue weighted by Gasteiger charge is -2.09. The highest BCUT2D eigenvalue weighted by Crippen LogP contribution is 2.37. The van der Waals surface area contributed by atoms with Crippen LogP contribution in [0.3, 0.4) is 0 Å². The van der Waals surface area contributed by atoms with Gasteiger partial charge in [-0.2, -0.15) is 0 Å². The number of aromatic nitrogens is 4. The quantitative estimate of drug-likeness (QED) is 0.272. The lowest BCUT2D eigenvalue weighted by molar-refractivity contribution is 0.174. The molecule has 156 valence electrons. The molecule has 8 heteroatoms. The molecule has 2 aromatic carbocycles. The predicted octanol–water partition coefficient (Wildman–Crippen LogP) is 5.58. The highest BCUT2D eigenvalue weighted by molar-refractivity contribution is 7.98. The Bertz CT molecular complexity index is 1250. The molecule has 0 saturated carbocycles. The molecule has 0 unspecified atom stereocenters. The van der Waals surface area contributed by atoms with Gasteiger partial charge in [0.15, 0.2) is 22.5 Å². The van der Waals surface area contributed by atoms with Crippen molar-refractivity contribution in [1.29, 1.82) is 0 Å². The summed E-state index contributed by atoms with van der Waals surface area (Å²) in [5.74, 6) is 3.12. The molecular weight excluding hydrogens is 428 g/mol. The molecule has 0 aliphatic carbocycles. The van der Waals surface area contributed by atoms with Crippen LogP contribution in [0.5, 0.6) is 11.5 Å². The van der Waals surface area contributed by atoms with Crippen molar-refractivity contribution in [3.8, 4) is 33.5 Å². The monoisotopic (exact) mass is 448 g/mol. The van der Waals surface area contributed by atoms with Crippen LogP contribution < -0.4 is 9.47 Å². The van der Waals surface area contributed by atoms with Crippen LogP contribution in [0.1, 0.15) is 11.3 Å². The number of thioether (sulfide) groups is 1. The molecule has 3 heterocycles. The molecule has 1 aliphatic rings. The molecule has 0 saturated heterocycles. The van der Waals surface area contributed by atoms with Crippen LogP contribution in [-0.4, -0.2) is 26.5 Å². The van der Waals surface area contributed by atoms with Gasteiger partial charge in [-0.3, -0.25) is 4.57 Å². The lowest BCUT2D eigenvalue weighted by atomic mass is 10.1. The van der Waals surface area contributed by atoms with Gasteiger partial charge in [-0.15, -0.1) is 28.1 Å². The third kappa shape index (κ3) is 3.96. The minimum atomic E-state index is 0.272. The zero-order valence-corrected chi connectivity index (χ0v) is 18.6. The van der Waals surface area contributed by atoms with Crippen LogP contribution in [-0.2, 0) is 12.3 Å². The molecule has 6 nitrogen and oxygen atoms in total. The van der Waals surface area contributed by atoms with E-state index >= 15 is 0 Å². The Morgan fingerprint density at radius 3 is 2.90 bits per heavy atom. The predicted molar refractivity (Wildman–Crippen MR) is 124 cm³/mol. The van der Waals surface area contributed by atoms with Crippen LogP contribution >= 0.6 is 23.1 Å². The summed E-state index contributed by atoms with van der Waals surface area (Å²) in [5.41, 5.74) is 4.29. The van der Waals surface area contributed by atoms with Crippen molar-refractivity contribution in [2.24, 2.45) is 0 Å². The highest BCUT2D eigenvalue weighted by atomic mass is 32.2. The summed E-state index contributed by atoms with van der Waals surface area (Å²) >= 11 is 3.25. The van der Waals surface area contributed by atoms with E-state index in [1.54, 1.807) is 23.1 Å². The van der Waals surface area contributed by atoms with E-state index < -0.39 is 0 Å². The largest absolute Gasteiger partial charge is 0.454 e. The van der Waals surface area contributed by atoms with Gasteiger partial charge in [-0.1, -0.05) is 42.1 Å². The standard InChI is InChI=1S/C23H20N4O2S2/c1-3-10-27-21(18-7-5-4-6-15(18)2)25-26-23(27)31-13-17-12-30-22(24-17)16-8-9-19-20(11-16)29-14-28-19/h3-9,11-12H,1,10,13-14H2,2H3. The molecule has 2 aromatic heterocycles. The molecular formula is C23H20N4O2S2. The fourth-order valence-electron chi connectivity index (χ4n) is 3.39. The summed E-state index contributed by atoms with van der Waals surface area (Å²) in [6.45, 7) is 6.91. The van der Waals surface area contributed by atoms with E-state index in [0.717, 1.165) is 44.3 Å². The van der Waals surface area contributed by atoms with Crippen molar-refractivity contribution >= 4 is 23.1 Å². The van der Waals surface area contributed by atoms with E-state index in [1.165, 1.54) is 5.56 Å². The number of hydrogen-bond donors (Lipinski definition) is 0. The number of hydrogen-bond acceptors (Lipinski definition) is 7. The molecule has 1 aliphatic heterocycles. The smallest absolute Gasteiger partial charge is 0.231 e. The molecule has 0 spiro atoms. The maximum absolute atomic E-state index is 5.48. The van der Waals surface area contributed by atoms with Gasteiger partial charge in [-0.25, -0.2) is 4.98 Å². The normalized spacial score (nSPS) is 12.3. The summed E-state index contributed by atoms with van der Waals surface area (Å²) in [6, 6.07) is 14.1. The zero-order chi connectivity index (χ0) is 21.2. The van der Waals surface area contributed by atoms with Crippen molar-refractivity contribution in [3.63, 3.8) is 0 Å². The Labute approximate surface area is 188 Å². The van der Waals surface area contributed by atoms with Gasteiger partial charge in [0.05, 0.1) is 5.69 Å². The van der Waals surface area contributed by atoms with E-state index in [0.29, 0.717) is 12.3 Å². The maximum Gasteiger partial charge on any atom is 0.231 e. The number of aryl methyl sites for hydroxylation is 1. The first-order valence-corrected chi connectivity index (χ1v) is 11.7. The number of rotatable bonds is 7. The zero-order valence-electron chi connectivity index (χ0n) is 16.9. The first-order chi connectivity index (χ1) is 15.2. The second kappa shape index (κ2) is 8.56. The topological polar surface area (TPSA) is 62.1 Å². The van der Waals surface area contributed by atoms with Crippen LogP contribution in [0.4, 0.5) is 0 Å². The van der Waals surface area contributed by atoms with E-state index in [2.05, 4.69) is 45.8 Å². The van der Waals surface area contributed by atoms with Crippen molar-refractivity contribution in [2.75, 3.05) is 6.79 Å². The Hall–Kier alpha value is -3.10. The molecule has 0 bridgehead atoms. The summed E-state index contributed by atoms with van der Waals surface area (Å²) in [4.78, 5) is 4.80. The second-order valence-electron chi connectivity index (χ2n) is 7.02. The molecule has 4 aromatic rings. The number of thiazole rings is 1. The summed E-state index contributed by atoms with van der Waals surface area (Å²) in [6.07, 6.45) is 1.87. The first kappa shape index (κ1) is 19.8. The van der Waals surface area contributed by atoms with Crippen LogP contribution in [0.2, 0.25) is 0 Å². The van der Waals surface area contributed by atoms with Crippen molar-refractivity contribution < 1.29 is 9.47 Å². The van der Waals surface area contributed by atoms with E-state index in [-0.39, 0.29) is 6.79 Å². The first-order valence-electron chi connectivity index (χ1n) is 9.80. The highest BCUT2D eigenvalue weighted by Gasteiger charge is 2.17. The maximum atomic E-state index is 5.48. The van der Waals surface area contributed by atoms with Gasteiger partial charge >= 0.3 is 0 Å². The molecule has 31 heavy (non-hydrogen) atoms. The van der Waals surface area contributed by atoms with Gasteiger partial charge in [0.1, 0.15) is 5.01 Å². The third-order valence-electron chi connectivity index (χ3n) is 4.93. The van der Waals surface area contributed by atoms with Gasteiger partial charge in [0.25, 0.3) is 0 Å². The number of fused-ring (bicyclic) bond motifs is 1. The summed E-state index contributed by atoms with van der Waals surface area (Å²) in [5, 5.41) is 12.8. The number of benzene rings is 2. The lowest BCUT2D eigenvalue weighted by Crippen LogP contribution is -2.01. The van der Waals surface area contributed by atoms with E-state index in [1.807, 2.05) is 36.4 Å². The fraction of sp³-hybridized carbons (Fsp3) is 0.174. The Morgan fingerprint density at radius 2 is 2.03 bits per heavy atom. The Morgan fingerprint density at radius 1 is 1.16 bits per heavy atom. The molecule has 0 radical (unpaired) electrons.